The van der Waals surface area contributed by atoms with E-state index in [-0.39, 0.29) is 0 Å². The van der Waals surface area contributed by atoms with Gasteiger partial charge in [-0.25, -0.2) is 4.79 Å². The number of aliphatic hydroxyl groups is 1. The van der Waals surface area contributed by atoms with Gasteiger partial charge in [0, 0.05) is 10.4 Å². The smallest absolute Gasteiger partial charge is 0.405 e. The molecule has 4 nitrogen and oxygen atoms in total. The molecule has 0 spiro atoms. The van der Waals surface area contributed by atoms with Gasteiger partial charge in [0.1, 0.15) is 0 Å². The van der Waals surface area contributed by atoms with Gasteiger partial charge in [0.2, 0.25) is 0 Å². The number of aliphatic hydroxyl groups excluding tert-OH is 1. The van der Waals surface area contributed by atoms with Crippen molar-refractivity contribution >= 4 is 17.7 Å². The van der Waals surface area contributed by atoms with E-state index in [0.717, 1.165) is 24.8 Å². The molecule has 0 saturated heterocycles. The van der Waals surface area contributed by atoms with Gasteiger partial charge in [-0.3, -0.25) is 0 Å². The van der Waals surface area contributed by atoms with Crippen LogP contribution >= 0.6 is 11.6 Å². The van der Waals surface area contributed by atoms with Crippen LogP contribution in [-0.4, -0.2) is 27.9 Å². The molecule has 0 heterocycles. The molecule has 3 N–H and O–H groups in total. The summed E-state index contributed by atoms with van der Waals surface area (Å²) in [6.07, 6.45) is 2.20. The molecule has 3 rings (SSSR count). The molecule has 2 aliphatic carbocycles. The van der Waals surface area contributed by atoms with Crippen LogP contribution in [0.1, 0.15) is 44.6 Å². The normalized spacial score (nSPS) is 34.6. The van der Waals surface area contributed by atoms with Gasteiger partial charge in [0.15, 0.2) is 0 Å². The van der Waals surface area contributed by atoms with Gasteiger partial charge in [-0.2, -0.15) is 0 Å². The second-order valence-corrected chi connectivity index (χ2v) is 7.11. The van der Waals surface area contributed by atoms with Crippen molar-refractivity contribution in [3.05, 3.63) is 34.9 Å². The summed E-state index contributed by atoms with van der Waals surface area (Å²) in [7, 11) is 0. The number of carboxylic acid groups (broad SMARTS) is 1. The first kappa shape index (κ1) is 15.6. The molecule has 2 unspecified atom stereocenters. The highest BCUT2D eigenvalue weighted by Crippen LogP contribution is 2.63. The van der Waals surface area contributed by atoms with Gasteiger partial charge in [-0.15, -0.1) is 0 Å². The third kappa shape index (κ3) is 2.04. The molecular weight excluding hydrogens is 302 g/mol. The van der Waals surface area contributed by atoms with E-state index in [1.54, 1.807) is 0 Å². The van der Waals surface area contributed by atoms with Crippen molar-refractivity contribution in [1.29, 1.82) is 0 Å². The summed E-state index contributed by atoms with van der Waals surface area (Å²) in [5, 5.41) is 23.5. The van der Waals surface area contributed by atoms with Crippen LogP contribution in [0.3, 0.4) is 0 Å². The molecule has 2 aliphatic rings. The average Bonchev–Trinajstić information content (AvgIpc) is 3.03. The van der Waals surface area contributed by atoms with Gasteiger partial charge < -0.3 is 15.5 Å². The lowest BCUT2D eigenvalue weighted by molar-refractivity contribution is 0.00629. The van der Waals surface area contributed by atoms with Crippen molar-refractivity contribution in [2.75, 3.05) is 0 Å². The zero-order valence-electron chi connectivity index (χ0n) is 12.7. The van der Waals surface area contributed by atoms with E-state index in [1.807, 2.05) is 31.2 Å². The predicted octanol–water partition coefficient (Wildman–Crippen LogP) is 3.56. The van der Waals surface area contributed by atoms with Crippen molar-refractivity contribution in [3.8, 4) is 0 Å². The maximum Gasteiger partial charge on any atom is 0.405 e. The standard InChI is InChI=1S/C17H22ClNO3/c1-2-14(20)17(19-15(21)22)10-11-7-8-16(17,9-11)12-5-3-4-6-13(12)18/h3-6,11,14,19-20H,2,7-10H2,1H3,(H,21,22)/t11?,14?,16-,17+/m1/s1. The minimum atomic E-state index is -1.08. The minimum absolute atomic E-state index is 0.413. The maximum absolute atomic E-state index is 11.5. The lowest BCUT2D eigenvalue weighted by Crippen LogP contribution is -2.66. The number of rotatable bonds is 4. The van der Waals surface area contributed by atoms with Crippen LogP contribution in [0, 0.1) is 5.92 Å². The summed E-state index contributed by atoms with van der Waals surface area (Å²) in [6, 6.07) is 7.65. The SMILES string of the molecule is CCC(O)[C@@]1(NC(=O)O)CC2CC[C@]1(c1ccccc1Cl)C2. The molecule has 1 amide bonds. The van der Waals surface area contributed by atoms with E-state index in [1.165, 1.54) is 0 Å². The Morgan fingerprint density at radius 2 is 2.18 bits per heavy atom. The topological polar surface area (TPSA) is 69.6 Å². The lowest BCUT2D eigenvalue weighted by Gasteiger charge is -2.50. The minimum Gasteiger partial charge on any atom is -0.465 e. The van der Waals surface area contributed by atoms with Crippen molar-refractivity contribution in [2.45, 2.75) is 56.1 Å². The van der Waals surface area contributed by atoms with Gasteiger partial charge in [-0.05, 0) is 49.7 Å². The summed E-state index contributed by atoms with van der Waals surface area (Å²) in [6.45, 7) is 1.89. The van der Waals surface area contributed by atoms with E-state index >= 15 is 0 Å². The van der Waals surface area contributed by atoms with Crippen molar-refractivity contribution in [2.24, 2.45) is 5.92 Å². The van der Waals surface area contributed by atoms with Crippen LogP contribution < -0.4 is 5.32 Å². The fraction of sp³-hybridized carbons (Fsp3) is 0.588. The molecule has 0 aromatic heterocycles. The number of carbonyl (C=O) groups is 1. The molecule has 4 atom stereocenters. The Morgan fingerprint density at radius 1 is 1.45 bits per heavy atom. The predicted molar refractivity (Wildman–Crippen MR) is 85.3 cm³/mol. The molecule has 1 aromatic rings. The number of benzene rings is 1. The Kier molecular flexibility index (Phi) is 3.86. The van der Waals surface area contributed by atoms with E-state index in [4.69, 9.17) is 11.6 Å². The first-order valence-corrected chi connectivity index (χ1v) is 8.27. The molecular formula is C17H22ClNO3. The Balaban J connectivity index is 2.17. The largest absolute Gasteiger partial charge is 0.465 e. The monoisotopic (exact) mass is 323 g/mol. The third-order valence-electron chi connectivity index (χ3n) is 5.76. The maximum atomic E-state index is 11.5. The summed E-state index contributed by atoms with van der Waals surface area (Å²) >= 11 is 6.45. The Morgan fingerprint density at radius 3 is 2.77 bits per heavy atom. The van der Waals surface area contributed by atoms with E-state index in [0.29, 0.717) is 23.8 Å². The van der Waals surface area contributed by atoms with Crippen LogP contribution in [0.2, 0.25) is 5.02 Å². The first-order valence-electron chi connectivity index (χ1n) is 7.89. The highest BCUT2D eigenvalue weighted by Gasteiger charge is 2.66. The lowest BCUT2D eigenvalue weighted by atomic mass is 9.62. The molecule has 2 saturated carbocycles. The molecule has 120 valence electrons. The molecule has 22 heavy (non-hydrogen) atoms. The highest BCUT2D eigenvalue weighted by molar-refractivity contribution is 6.31. The quantitative estimate of drug-likeness (QED) is 0.793. The molecule has 1 aromatic carbocycles. The summed E-state index contributed by atoms with van der Waals surface area (Å²) in [4.78, 5) is 11.5. The second kappa shape index (κ2) is 5.43. The van der Waals surface area contributed by atoms with Crippen molar-refractivity contribution < 1.29 is 15.0 Å². The Bertz CT molecular complexity index is 593. The number of halogens is 1. The third-order valence-corrected chi connectivity index (χ3v) is 6.09. The zero-order valence-corrected chi connectivity index (χ0v) is 13.4. The fourth-order valence-electron chi connectivity index (χ4n) is 4.96. The first-order chi connectivity index (χ1) is 10.4. The number of amides is 1. The number of hydrogen-bond donors (Lipinski definition) is 3. The van der Waals surface area contributed by atoms with Crippen LogP contribution in [0.5, 0.6) is 0 Å². The number of nitrogens with one attached hydrogen (secondary N) is 1. The van der Waals surface area contributed by atoms with E-state index < -0.39 is 23.2 Å². The average molecular weight is 324 g/mol. The second-order valence-electron chi connectivity index (χ2n) is 6.70. The van der Waals surface area contributed by atoms with Crippen LogP contribution in [0.4, 0.5) is 4.79 Å². The van der Waals surface area contributed by atoms with Crippen LogP contribution in [0.15, 0.2) is 24.3 Å². The molecule has 2 bridgehead atoms. The highest BCUT2D eigenvalue weighted by atomic mass is 35.5. The van der Waals surface area contributed by atoms with Gasteiger partial charge in [0.25, 0.3) is 0 Å². The van der Waals surface area contributed by atoms with Crippen LogP contribution in [-0.2, 0) is 5.41 Å². The molecule has 0 aliphatic heterocycles. The summed E-state index contributed by atoms with van der Waals surface area (Å²) < 4.78 is 0. The van der Waals surface area contributed by atoms with E-state index in [2.05, 4.69) is 5.32 Å². The van der Waals surface area contributed by atoms with Crippen molar-refractivity contribution in [1.82, 2.24) is 5.32 Å². The van der Waals surface area contributed by atoms with Gasteiger partial charge in [0.05, 0.1) is 11.6 Å². The summed E-state index contributed by atoms with van der Waals surface area (Å²) in [5.74, 6) is 0.435. The summed E-state index contributed by atoms with van der Waals surface area (Å²) in [5.41, 5.74) is -0.288. The number of hydrogen-bond acceptors (Lipinski definition) is 2. The molecule has 5 heteroatoms. The van der Waals surface area contributed by atoms with E-state index in [9.17, 15) is 15.0 Å². The zero-order chi connectivity index (χ0) is 16.0. The Labute approximate surface area is 135 Å². The van der Waals surface area contributed by atoms with Gasteiger partial charge >= 0.3 is 6.09 Å². The van der Waals surface area contributed by atoms with Crippen molar-refractivity contribution in [3.63, 3.8) is 0 Å². The van der Waals surface area contributed by atoms with Gasteiger partial charge in [-0.1, -0.05) is 36.7 Å². The number of fused-ring (bicyclic) bond motifs is 2. The molecule has 0 radical (unpaired) electrons. The fourth-order valence-corrected chi connectivity index (χ4v) is 5.28. The molecule has 2 fully saturated rings. The Hall–Kier alpha value is -1.26. The van der Waals surface area contributed by atoms with Crippen LogP contribution in [0.25, 0.3) is 0 Å².